The molecule has 9 nitrogen and oxygen atoms in total. The van der Waals surface area contributed by atoms with E-state index >= 15 is 0 Å². The van der Waals surface area contributed by atoms with E-state index in [9.17, 15) is 24.9 Å². The van der Waals surface area contributed by atoms with Gasteiger partial charge in [-0.3, -0.25) is 19.8 Å². The fourth-order valence-corrected chi connectivity index (χ4v) is 7.68. The fourth-order valence-electron chi connectivity index (χ4n) is 7.68. The predicted molar refractivity (Wildman–Crippen MR) is 120 cm³/mol. The van der Waals surface area contributed by atoms with Crippen LogP contribution in [0.25, 0.3) is 0 Å². The summed E-state index contributed by atoms with van der Waals surface area (Å²) in [4.78, 5) is 25.7. The first-order valence-electron chi connectivity index (χ1n) is 12.3. The van der Waals surface area contributed by atoms with Crippen molar-refractivity contribution in [3.05, 3.63) is 23.3 Å². The summed E-state index contributed by atoms with van der Waals surface area (Å²) >= 11 is 0. The van der Waals surface area contributed by atoms with E-state index < -0.39 is 24.4 Å². The maximum Gasteiger partial charge on any atom is 0.321 e. The number of likely N-dealkylation sites (tertiary alicyclic amines) is 1. The van der Waals surface area contributed by atoms with Crippen molar-refractivity contribution in [1.29, 1.82) is 0 Å². The zero-order valence-corrected chi connectivity index (χ0v) is 19.3. The Hall–Kier alpha value is -2.36. The number of benzene rings is 1. The van der Waals surface area contributed by atoms with Crippen molar-refractivity contribution in [2.75, 3.05) is 20.2 Å². The zero-order valence-electron chi connectivity index (χ0n) is 19.3. The summed E-state index contributed by atoms with van der Waals surface area (Å²) in [5.41, 5.74) is 2.02. The minimum atomic E-state index is -1.18. The largest absolute Gasteiger partial charge is 0.504 e. The molecule has 0 aromatic heterocycles. The number of carboxylic acids is 2. The number of aromatic hydroxyl groups is 1. The second-order valence-electron chi connectivity index (χ2n) is 10.8. The summed E-state index contributed by atoms with van der Waals surface area (Å²) in [6.45, 7) is 1.95. The van der Waals surface area contributed by atoms with Crippen LogP contribution in [0.15, 0.2) is 12.1 Å². The first-order chi connectivity index (χ1) is 16.3. The molecule has 0 radical (unpaired) electrons. The molecular weight excluding hydrogens is 440 g/mol. The molecule has 2 saturated carbocycles. The number of methoxy groups -OCH3 is 1. The van der Waals surface area contributed by atoms with Crippen LogP contribution in [0.3, 0.4) is 0 Å². The Morgan fingerprint density at radius 1 is 1.32 bits per heavy atom. The van der Waals surface area contributed by atoms with Crippen molar-refractivity contribution in [2.45, 2.75) is 74.3 Å². The number of nitrogens with zero attached hydrogens (tertiary/aromatic N) is 1. The lowest BCUT2D eigenvalue weighted by atomic mass is 9.51. The van der Waals surface area contributed by atoms with Gasteiger partial charge in [0.15, 0.2) is 11.5 Å². The van der Waals surface area contributed by atoms with Crippen LogP contribution in [0.1, 0.15) is 43.2 Å². The molecule has 9 heteroatoms. The maximum atomic E-state index is 11.8. The standard InChI is InChI=1S/C25H32N2O7/c1-33-19-9-13(19)11-27-7-6-25-14-3-4-15(26-16(24(31)32)10-20(29)30)23(25)34-22-18(28)5-2-12(21(22)25)8-17(14)27/h2,5,13-17,19,23,26,28H,3-4,6-11H2,1H3,(H,29,30)(H,31,32)/t13?,14-,15-,16-,17+,19?,23-,25-/m0/s1. The van der Waals surface area contributed by atoms with Crippen LogP contribution in [0.5, 0.6) is 11.5 Å². The summed E-state index contributed by atoms with van der Waals surface area (Å²) in [5.74, 6) is -0.724. The van der Waals surface area contributed by atoms with E-state index in [1.165, 1.54) is 5.56 Å². The molecule has 1 aromatic rings. The normalized spacial score (nSPS) is 38.0. The summed E-state index contributed by atoms with van der Waals surface area (Å²) in [6, 6.07) is 2.61. The van der Waals surface area contributed by atoms with Crippen LogP contribution in [0.4, 0.5) is 0 Å². The lowest BCUT2D eigenvalue weighted by molar-refractivity contribution is -0.147. The van der Waals surface area contributed by atoms with Crippen LogP contribution < -0.4 is 10.1 Å². The van der Waals surface area contributed by atoms with E-state index in [4.69, 9.17) is 9.47 Å². The quantitative estimate of drug-likeness (QED) is 0.443. The van der Waals surface area contributed by atoms with Gasteiger partial charge < -0.3 is 24.8 Å². The topological polar surface area (TPSA) is 129 Å². The van der Waals surface area contributed by atoms with Crippen LogP contribution in [-0.4, -0.2) is 82.7 Å². The van der Waals surface area contributed by atoms with Crippen molar-refractivity contribution < 1.29 is 34.4 Å². The number of carbonyl (C=O) groups is 2. The lowest BCUT2D eigenvalue weighted by Crippen LogP contribution is -2.69. The molecule has 2 heterocycles. The Bertz CT molecular complexity index is 1030. The van der Waals surface area contributed by atoms with Crippen molar-refractivity contribution in [3.63, 3.8) is 0 Å². The number of aliphatic carboxylic acids is 2. The number of phenolic OH excluding ortho intramolecular Hbond substituents is 1. The van der Waals surface area contributed by atoms with Crippen molar-refractivity contribution in [1.82, 2.24) is 10.2 Å². The molecule has 5 aliphatic rings. The number of hydrogen-bond donors (Lipinski definition) is 4. The molecule has 1 spiro atoms. The molecule has 184 valence electrons. The Labute approximate surface area is 198 Å². The lowest BCUT2D eigenvalue weighted by Gasteiger charge is -2.60. The number of nitrogens with one attached hydrogen (secondary N) is 1. The van der Waals surface area contributed by atoms with Crippen molar-refractivity contribution >= 4 is 11.9 Å². The third kappa shape index (κ3) is 3.17. The Kier molecular flexibility index (Phi) is 5.09. The van der Waals surface area contributed by atoms with Gasteiger partial charge in [-0.2, -0.15) is 0 Å². The molecule has 0 amide bonds. The van der Waals surface area contributed by atoms with Gasteiger partial charge in [0.25, 0.3) is 0 Å². The molecule has 1 saturated heterocycles. The van der Waals surface area contributed by atoms with Gasteiger partial charge in [-0.25, -0.2) is 0 Å². The monoisotopic (exact) mass is 472 g/mol. The van der Waals surface area contributed by atoms with Gasteiger partial charge in [0.1, 0.15) is 12.1 Å². The predicted octanol–water partition coefficient (Wildman–Crippen LogP) is 1.35. The minimum absolute atomic E-state index is 0.127. The van der Waals surface area contributed by atoms with Gasteiger partial charge in [-0.05, 0) is 56.2 Å². The third-order valence-corrected chi connectivity index (χ3v) is 9.15. The smallest absolute Gasteiger partial charge is 0.321 e. The van der Waals surface area contributed by atoms with Crippen LogP contribution in [-0.2, 0) is 26.2 Å². The zero-order chi connectivity index (χ0) is 23.8. The van der Waals surface area contributed by atoms with Crippen molar-refractivity contribution in [3.8, 4) is 11.5 Å². The molecule has 1 aromatic carbocycles. The minimum Gasteiger partial charge on any atom is -0.504 e. The van der Waals surface area contributed by atoms with E-state index in [2.05, 4.69) is 10.2 Å². The van der Waals surface area contributed by atoms with Gasteiger partial charge >= 0.3 is 11.9 Å². The van der Waals surface area contributed by atoms with Gasteiger partial charge in [0.05, 0.1) is 12.5 Å². The molecule has 3 aliphatic carbocycles. The molecule has 2 unspecified atom stereocenters. The van der Waals surface area contributed by atoms with E-state index in [1.807, 2.05) is 6.07 Å². The molecule has 2 bridgehead atoms. The van der Waals surface area contributed by atoms with Gasteiger partial charge in [0.2, 0.25) is 0 Å². The number of piperidine rings is 1. The van der Waals surface area contributed by atoms with E-state index in [-0.39, 0.29) is 23.3 Å². The maximum absolute atomic E-state index is 11.8. The molecule has 3 fully saturated rings. The van der Waals surface area contributed by atoms with Crippen LogP contribution in [0, 0.1) is 11.8 Å². The number of phenols is 1. The highest BCUT2D eigenvalue weighted by Gasteiger charge is 2.66. The number of ether oxygens (including phenoxy) is 2. The summed E-state index contributed by atoms with van der Waals surface area (Å²) < 4.78 is 12.0. The number of rotatable bonds is 8. The second kappa shape index (κ2) is 7.83. The van der Waals surface area contributed by atoms with E-state index in [0.717, 1.165) is 44.3 Å². The highest BCUT2D eigenvalue weighted by Crippen LogP contribution is 2.64. The summed E-state index contributed by atoms with van der Waals surface area (Å²) in [5, 5.41) is 32.7. The molecule has 8 atom stereocenters. The first kappa shape index (κ1) is 22.1. The molecule has 4 N–H and O–H groups in total. The average Bonchev–Trinajstić information content (AvgIpc) is 3.46. The van der Waals surface area contributed by atoms with Gasteiger partial charge in [-0.15, -0.1) is 0 Å². The van der Waals surface area contributed by atoms with E-state index in [0.29, 0.717) is 36.2 Å². The highest BCUT2D eigenvalue weighted by atomic mass is 16.5. The van der Waals surface area contributed by atoms with Gasteiger partial charge in [0, 0.05) is 42.6 Å². The Morgan fingerprint density at radius 3 is 2.85 bits per heavy atom. The number of hydrogen-bond acceptors (Lipinski definition) is 7. The average molecular weight is 473 g/mol. The van der Waals surface area contributed by atoms with Crippen LogP contribution in [0.2, 0.25) is 0 Å². The number of carboxylic acid groups (broad SMARTS) is 2. The third-order valence-electron chi connectivity index (χ3n) is 9.15. The molecule has 2 aliphatic heterocycles. The second-order valence-corrected chi connectivity index (χ2v) is 10.8. The fraction of sp³-hybridized carbons (Fsp3) is 0.680. The Morgan fingerprint density at radius 2 is 2.15 bits per heavy atom. The highest BCUT2D eigenvalue weighted by molar-refractivity contribution is 5.80. The van der Waals surface area contributed by atoms with Gasteiger partial charge in [-0.1, -0.05) is 6.07 Å². The Balaban J connectivity index is 1.35. The molecular formula is C25H32N2O7. The van der Waals surface area contributed by atoms with Crippen molar-refractivity contribution in [2.24, 2.45) is 11.8 Å². The van der Waals surface area contributed by atoms with E-state index in [1.54, 1.807) is 13.2 Å². The summed E-state index contributed by atoms with van der Waals surface area (Å²) in [6.07, 6.45) is 4.07. The summed E-state index contributed by atoms with van der Waals surface area (Å²) in [7, 11) is 1.78. The molecule has 34 heavy (non-hydrogen) atoms. The van der Waals surface area contributed by atoms with Crippen LogP contribution >= 0.6 is 0 Å². The molecule has 6 rings (SSSR count). The first-order valence-corrected chi connectivity index (χ1v) is 12.3. The SMILES string of the molecule is COC1CC1CN1CC[C@]23c4c5ccc(O)c4O[C@H]2[C@@H](N[C@@H](CC(=O)O)C(=O)O)CC[C@H]3[C@H]1C5.